The molecule has 0 saturated carbocycles. The predicted octanol–water partition coefficient (Wildman–Crippen LogP) is 4.70. The first kappa shape index (κ1) is 23.5. The largest absolute Gasteiger partial charge is 0.451 e. The number of nitrogens with two attached hydrogens (primary N) is 1. The summed E-state index contributed by atoms with van der Waals surface area (Å²) in [5, 5.41) is -0.103. The van der Waals surface area contributed by atoms with Crippen LogP contribution in [-0.2, 0) is 14.3 Å². The molecule has 2 fully saturated rings. The van der Waals surface area contributed by atoms with Gasteiger partial charge in [-0.3, -0.25) is 9.59 Å². The van der Waals surface area contributed by atoms with Crippen molar-refractivity contribution >= 4 is 57.0 Å². The number of carbonyl (C=O) groups excluding carboxylic acids is 2. The van der Waals surface area contributed by atoms with Crippen molar-refractivity contribution < 1.29 is 14.3 Å². The normalized spacial score (nSPS) is 23.4. The van der Waals surface area contributed by atoms with Crippen LogP contribution < -0.4 is 5.73 Å². The highest BCUT2D eigenvalue weighted by Crippen LogP contribution is 2.48. The second-order valence-corrected chi connectivity index (χ2v) is 12.6. The van der Waals surface area contributed by atoms with Crippen LogP contribution in [0.1, 0.15) is 17.2 Å². The molecule has 36 heavy (non-hydrogen) atoms. The molecule has 2 aliphatic rings. The molecule has 0 radical (unpaired) electrons. The highest BCUT2D eigenvalue weighted by molar-refractivity contribution is 8.06. The molecule has 6 rings (SSSR count). The summed E-state index contributed by atoms with van der Waals surface area (Å²) in [6, 6.07) is 26.9. The third-order valence-corrected chi connectivity index (χ3v) is 10.6. The Morgan fingerprint density at radius 1 is 1.03 bits per heavy atom. The van der Waals surface area contributed by atoms with Crippen LogP contribution in [0.15, 0.2) is 89.3 Å². The van der Waals surface area contributed by atoms with Gasteiger partial charge in [-0.05, 0) is 23.3 Å². The lowest BCUT2D eigenvalue weighted by Crippen LogP contribution is -2.73. The molecule has 3 heterocycles. The van der Waals surface area contributed by atoms with Gasteiger partial charge in [0.15, 0.2) is 10.4 Å². The summed E-state index contributed by atoms with van der Waals surface area (Å²) in [6.45, 7) is 0.243. The van der Waals surface area contributed by atoms with Crippen LogP contribution in [0.4, 0.5) is 0 Å². The van der Waals surface area contributed by atoms with Crippen molar-refractivity contribution in [1.29, 1.82) is 0 Å². The average Bonchev–Trinajstić information content (AvgIpc) is 3.34. The minimum atomic E-state index is -1.01. The van der Waals surface area contributed by atoms with Crippen molar-refractivity contribution in [2.45, 2.75) is 26.6 Å². The minimum Gasteiger partial charge on any atom is -0.451 e. The lowest BCUT2D eigenvalue weighted by atomic mass is 10.00. The summed E-state index contributed by atoms with van der Waals surface area (Å²) in [7, 11) is 0. The SMILES string of the molecule is NC1C(=O)N2CC(Sc3nc4ccccc4s3)(C(=O)OC(c3ccccc3)c3ccccc3)CS[C@H]12. The standard InChI is InChI=1S/C27H23N3O3S3/c28-21-23(31)30-15-27(16-34-24(21)30,36-26-29-19-13-7-8-14-20(19)35-26)25(32)33-22(17-9-3-1-4-10-17)18-11-5-2-6-12-18/h1-14,21-22,24H,15-16,28H2/t21?,24-,27?/m1/s1. The van der Waals surface area contributed by atoms with E-state index in [4.69, 9.17) is 15.5 Å². The number of para-hydroxylation sites is 1. The first-order valence-corrected chi connectivity index (χ1v) is 14.3. The first-order chi connectivity index (χ1) is 17.5. The zero-order valence-corrected chi connectivity index (χ0v) is 21.6. The van der Waals surface area contributed by atoms with Gasteiger partial charge in [-0.2, -0.15) is 0 Å². The van der Waals surface area contributed by atoms with Gasteiger partial charge < -0.3 is 15.4 Å². The summed E-state index contributed by atoms with van der Waals surface area (Å²) in [5.41, 5.74) is 8.70. The number of hydrogen-bond donors (Lipinski definition) is 1. The van der Waals surface area contributed by atoms with E-state index in [9.17, 15) is 9.59 Å². The van der Waals surface area contributed by atoms with E-state index in [2.05, 4.69) is 0 Å². The molecular formula is C27H23N3O3S3. The van der Waals surface area contributed by atoms with Crippen molar-refractivity contribution in [3.8, 4) is 0 Å². The van der Waals surface area contributed by atoms with Gasteiger partial charge in [0.2, 0.25) is 5.91 Å². The van der Waals surface area contributed by atoms with E-state index in [1.807, 2.05) is 84.9 Å². The van der Waals surface area contributed by atoms with Crippen LogP contribution >= 0.6 is 34.9 Å². The number of amides is 1. The van der Waals surface area contributed by atoms with Crippen molar-refractivity contribution in [3.05, 3.63) is 96.1 Å². The van der Waals surface area contributed by atoms with Gasteiger partial charge in [0.1, 0.15) is 16.2 Å². The van der Waals surface area contributed by atoms with Crippen molar-refractivity contribution in [2.24, 2.45) is 5.73 Å². The van der Waals surface area contributed by atoms with Crippen LogP contribution in [0.3, 0.4) is 0 Å². The zero-order chi connectivity index (χ0) is 24.7. The number of carbonyl (C=O) groups is 2. The summed E-state index contributed by atoms with van der Waals surface area (Å²) in [4.78, 5) is 33.2. The molecule has 6 nitrogen and oxygen atoms in total. The molecule has 0 aliphatic carbocycles. The zero-order valence-electron chi connectivity index (χ0n) is 19.2. The molecule has 1 aromatic heterocycles. The minimum absolute atomic E-state index is 0.103. The maximum Gasteiger partial charge on any atom is 0.326 e. The van der Waals surface area contributed by atoms with Crippen molar-refractivity contribution in [1.82, 2.24) is 9.88 Å². The molecule has 2 N–H and O–H groups in total. The lowest BCUT2D eigenvalue weighted by Gasteiger charge is -2.52. The molecule has 182 valence electrons. The van der Waals surface area contributed by atoms with Crippen molar-refractivity contribution in [3.63, 3.8) is 0 Å². The molecule has 2 aliphatic heterocycles. The topological polar surface area (TPSA) is 85.5 Å². The summed E-state index contributed by atoms with van der Waals surface area (Å²) in [6.07, 6.45) is -0.565. The molecule has 0 bridgehead atoms. The first-order valence-electron chi connectivity index (χ1n) is 11.6. The molecule has 9 heteroatoms. The third kappa shape index (κ3) is 4.20. The second kappa shape index (κ2) is 9.55. The summed E-state index contributed by atoms with van der Waals surface area (Å²) < 4.78 is 7.14. The van der Waals surface area contributed by atoms with E-state index >= 15 is 0 Å². The molecule has 1 amide bonds. The van der Waals surface area contributed by atoms with Gasteiger partial charge in [0.25, 0.3) is 0 Å². The Labute approximate surface area is 221 Å². The number of β-lactam (4-membered cyclic amide) rings is 1. The Morgan fingerprint density at radius 3 is 2.33 bits per heavy atom. The number of nitrogens with zero attached hydrogens (tertiary/aromatic N) is 2. The average molecular weight is 534 g/mol. The Hall–Kier alpha value is -2.85. The van der Waals surface area contributed by atoms with Crippen LogP contribution in [0.2, 0.25) is 0 Å². The second-order valence-electron chi connectivity index (χ2n) is 8.84. The van der Waals surface area contributed by atoms with Gasteiger partial charge in [0, 0.05) is 12.3 Å². The van der Waals surface area contributed by atoms with Crippen molar-refractivity contribution in [2.75, 3.05) is 12.3 Å². The van der Waals surface area contributed by atoms with Gasteiger partial charge >= 0.3 is 5.97 Å². The highest BCUT2D eigenvalue weighted by atomic mass is 32.2. The van der Waals surface area contributed by atoms with E-state index in [0.717, 1.165) is 25.7 Å². The van der Waals surface area contributed by atoms with E-state index in [0.29, 0.717) is 5.75 Å². The van der Waals surface area contributed by atoms with Crippen LogP contribution in [0, 0.1) is 0 Å². The number of hydrogen-bond acceptors (Lipinski definition) is 8. The number of ether oxygens (including phenoxy) is 1. The number of aromatic nitrogens is 1. The van der Waals surface area contributed by atoms with Crippen LogP contribution in [0.5, 0.6) is 0 Å². The fraction of sp³-hybridized carbons (Fsp3) is 0.222. The predicted molar refractivity (Wildman–Crippen MR) is 145 cm³/mol. The summed E-state index contributed by atoms with van der Waals surface area (Å²) in [5.74, 6) is -0.00848. The molecule has 0 spiro atoms. The number of esters is 1. The third-order valence-electron chi connectivity index (χ3n) is 6.45. The maximum absolute atomic E-state index is 14.1. The monoisotopic (exact) mass is 533 g/mol. The summed E-state index contributed by atoms with van der Waals surface area (Å²) >= 11 is 4.49. The van der Waals surface area contributed by atoms with E-state index in [-0.39, 0.29) is 23.8 Å². The van der Waals surface area contributed by atoms with E-state index in [1.165, 1.54) is 11.8 Å². The highest BCUT2D eigenvalue weighted by Gasteiger charge is 2.57. The molecule has 2 unspecified atom stereocenters. The fourth-order valence-electron chi connectivity index (χ4n) is 4.54. The lowest BCUT2D eigenvalue weighted by molar-refractivity contribution is -0.154. The molecule has 3 aromatic carbocycles. The van der Waals surface area contributed by atoms with Gasteiger partial charge in [-0.15, -0.1) is 23.1 Å². The number of thioether (sulfide) groups is 2. The molecular weight excluding hydrogens is 511 g/mol. The Balaban J connectivity index is 1.35. The Morgan fingerprint density at radius 2 is 1.67 bits per heavy atom. The molecule has 3 atom stereocenters. The van der Waals surface area contributed by atoms with Crippen LogP contribution in [-0.4, -0.2) is 50.2 Å². The molecule has 4 aromatic rings. The van der Waals surface area contributed by atoms with E-state index in [1.54, 1.807) is 28.0 Å². The van der Waals surface area contributed by atoms with Gasteiger partial charge in [-0.1, -0.05) is 84.6 Å². The smallest absolute Gasteiger partial charge is 0.326 e. The molecule has 2 saturated heterocycles. The number of thiazole rings is 1. The van der Waals surface area contributed by atoms with Gasteiger partial charge in [-0.25, -0.2) is 4.98 Å². The quantitative estimate of drug-likeness (QED) is 0.284. The Kier molecular flexibility index (Phi) is 6.25. The van der Waals surface area contributed by atoms with Crippen LogP contribution in [0.25, 0.3) is 10.2 Å². The van der Waals surface area contributed by atoms with E-state index < -0.39 is 16.9 Å². The fourth-order valence-corrected chi connectivity index (χ4v) is 8.74. The number of rotatable bonds is 6. The number of fused-ring (bicyclic) bond motifs is 2. The van der Waals surface area contributed by atoms with Gasteiger partial charge in [0.05, 0.1) is 10.2 Å². The Bertz CT molecular complexity index is 1340. The number of benzene rings is 3. The maximum atomic E-state index is 14.1.